The Morgan fingerprint density at radius 2 is 2.00 bits per heavy atom. The van der Waals surface area contributed by atoms with Crippen LogP contribution in [0.25, 0.3) is 0 Å². The van der Waals surface area contributed by atoms with E-state index in [1.54, 1.807) is 0 Å². The zero-order valence-electron chi connectivity index (χ0n) is 12.1. The summed E-state index contributed by atoms with van der Waals surface area (Å²) in [6, 6.07) is 17.3. The Morgan fingerprint density at radius 1 is 1.10 bits per heavy atom. The third-order valence-electron chi connectivity index (χ3n) is 4.25. The summed E-state index contributed by atoms with van der Waals surface area (Å²) in [7, 11) is 0. The molecule has 0 N–H and O–H groups in total. The van der Waals surface area contributed by atoms with E-state index in [9.17, 15) is 0 Å². The van der Waals surface area contributed by atoms with Crippen molar-refractivity contribution < 1.29 is 4.74 Å². The summed E-state index contributed by atoms with van der Waals surface area (Å²) in [4.78, 5) is 0. The van der Waals surface area contributed by atoms with Crippen molar-refractivity contribution in [1.82, 2.24) is 0 Å². The van der Waals surface area contributed by atoms with E-state index in [0.29, 0.717) is 5.92 Å². The molecule has 0 spiro atoms. The molecule has 0 saturated heterocycles. The highest BCUT2D eigenvalue weighted by atomic mass is 16.5. The lowest BCUT2D eigenvalue weighted by atomic mass is 9.83. The van der Waals surface area contributed by atoms with Crippen LogP contribution in [-0.4, -0.2) is 6.61 Å². The van der Waals surface area contributed by atoms with Gasteiger partial charge in [0.05, 0.1) is 6.61 Å². The summed E-state index contributed by atoms with van der Waals surface area (Å²) in [5.41, 5.74) is 4.34. The molecule has 0 aromatic heterocycles. The average Bonchev–Trinajstić information content (AvgIpc) is 2.53. The van der Waals surface area contributed by atoms with Crippen molar-refractivity contribution in [2.24, 2.45) is 0 Å². The molecule has 0 fully saturated rings. The van der Waals surface area contributed by atoms with E-state index in [2.05, 4.69) is 55.5 Å². The first-order valence-electron chi connectivity index (χ1n) is 7.66. The molecule has 0 heterocycles. The largest absolute Gasteiger partial charge is 0.493 e. The summed E-state index contributed by atoms with van der Waals surface area (Å²) >= 11 is 0. The molecule has 20 heavy (non-hydrogen) atoms. The Balaban J connectivity index is 1.70. The van der Waals surface area contributed by atoms with Crippen LogP contribution >= 0.6 is 0 Å². The summed E-state index contributed by atoms with van der Waals surface area (Å²) in [5, 5.41) is 0. The summed E-state index contributed by atoms with van der Waals surface area (Å²) < 4.78 is 6.04. The third-order valence-corrected chi connectivity index (χ3v) is 4.25. The number of hydrogen-bond donors (Lipinski definition) is 0. The molecule has 1 aliphatic carbocycles. The van der Waals surface area contributed by atoms with Crippen molar-refractivity contribution in [2.75, 3.05) is 6.61 Å². The van der Waals surface area contributed by atoms with E-state index in [0.717, 1.165) is 18.8 Å². The first kappa shape index (κ1) is 13.2. The Labute approximate surface area is 121 Å². The lowest BCUT2D eigenvalue weighted by molar-refractivity contribution is 0.274. The first-order valence-corrected chi connectivity index (χ1v) is 7.66. The van der Waals surface area contributed by atoms with Crippen LogP contribution in [-0.2, 0) is 12.8 Å². The van der Waals surface area contributed by atoms with Crippen LogP contribution in [0.15, 0.2) is 48.5 Å². The van der Waals surface area contributed by atoms with Crippen molar-refractivity contribution in [1.29, 1.82) is 0 Å². The van der Waals surface area contributed by atoms with Crippen molar-refractivity contribution >= 4 is 0 Å². The average molecular weight is 266 g/mol. The van der Waals surface area contributed by atoms with Crippen LogP contribution in [0.3, 0.4) is 0 Å². The number of hydrogen-bond acceptors (Lipinski definition) is 1. The van der Waals surface area contributed by atoms with E-state index in [4.69, 9.17) is 4.74 Å². The standard InChI is InChI=1S/C19H22O/c1-2-15-7-5-11-18(13-15)20-14-17-10-6-9-16-8-3-4-12-19(16)17/h3-5,7-8,11-13,17H,2,6,9-10,14H2,1H3. The molecule has 1 aliphatic rings. The molecule has 0 saturated carbocycles. The monoisotopic (exact) mass is 266 g/mol. The summed E-state index contributed by atoms with van der Waals surface area (Å²) in [6.45, 7) is 2.97. The second-order valence-corrected chi connectivity index (χ2v) is 5.60. The second-order valence-electron chi connectivity index (χ2n) is 5.60. The number of rotatable bonds is 4. The van der Waals surface area contributed by atoms with Gasteiger partial charge >= 0.3 is 0 Å². The molecule has 0 radical (unpaired) electrons. The summed E-state index contributed by atoms with van der Waals surface area (Å²) in [6.07, 6.45) is 4.80. The van der Waals surface area contributed by atoms with E-state index in [1.807, 2.05) is 0 Å². The lowest BCUT2D eigenvalue weighted by Gasteiger charge is -2.25. The van der Waals surface area contributed by atoms with Gasteiger partial charge in [-0.15, -0.1) is 0 Å². The van der Waals surface area contributed by atoms with Gasteiger partial charge in [-0.1, -0.05) is 43.3 Å². The molecule has 1 nitrogen and oxygen atoms in total. The zero-order valence-corrected chi connectivity index (χ0v) is 12.1. The van der Waals surface area contributed by atoms with Crippen molar-refractivity contribution in [3.8, 4) is 5.75 Å². The van der Waals surface area contributed by atoms with Gasteiger partial charge in [0.25, 0.3) is 0 Å². The fourth-order valence-electron chi connectivity index (χ4n) is 3.08. The maximum Gasteiger partial charge on any atom is 0.119 e. The molecule has 3 rings (SSSR count). The summed E-state index contributed by atoms with van der Waals surface area (Å²) in [5.74, 6) is 1.55. The van der Waals surface area contributed by atoms with E-state index < -0.39 is 0 Å². The molecular weight excluding hydrogens is 244 g/mol. The van der Waals surface area contributed by atoms with Gasteiger partial charge in [0.1, 0.15) is 5.75 Å². The Hall–Kier alpha value is -1.76. The van der Waals surface area contributed by atoms with Crippen molar-refractivity contribution in [3.63, 3.8) is 0 Å². The predicted octanol–water partition coefficient (Wildman–Crippen LogP) is 4.75. The maximum atomic E-state index is 6.04. The number of ether oxygens (including phenoxy) is 1. The van der Waals surface area contributed by atoms with Crippen LogP contribution < -0.4 is 4.74 Å². The first-order chi connectivity index (χ1) is 9.86. The number of benzene rings is 2. The molecule has 2 aromatic rings. The van der Waals surface area contributed by atoms with Crippen LogP contribution in [0.4, 0.5) is 0 Å². The van der Waals surface area contributed by atoms with Gasteiger partial charge in [0, 0.05) is 5.92 Å². The molecule has 1 unspecified atom stereocenters. The quantitative estimate of drug-likeness (QED) is 0.776. The number of aryl methyl sites for hydroxylation is 2. The van der Waals surface area contributed by atoms with Crippen LogP contribution in [0.5, 0.6) is 5.75 Å². The smallest absolute Gasteiger partial charge is 0.119 e. The highest BCUT2D eigenvalue weighted by Gasteiger charge is 2.20. The normalized spacial score (nSPS) is 17.6. The van der Waals surface area contributed by atoms with E-state index >= 15 is 0 Å². The molecule has 1 heteroatoms. The van der Waals surface area contributed by atoms with Crippen molar-refractivity contribution in [3.05, 3.63) is 65.2 Å². The van der Waals surface area contributed by atoms with Gasteiger partial charge in [-0.25, -0.2) is 0 Å². The maximum absolute atomic E-state index is 6.04. The number of fused-ring (bicyclic) bond motifs is 1. The molecule has 1 atom stereocenters. The Kier molecular flexibility index (Phi) is 4.05. The second kappa shape index (κ2) is 6.13. The topological polar surface area (TPSA) is 9.23 Å². The fourth-order valence-corrected chi connectivity index (χ4v) is 3.08. The van der Waals surface area contributed by atoms with Crippen LogP contribution in [0, 0.1) is 0 Å². The Bertz CT molecular complexity index is 573. The van der Waals surface area contributed by atoms with Crippen molar-refractivity contribution in [2.45, 2.75) is 38.5 Å². The van der Waals surface area contributed by atoms with E-state index in [-0.39, 0.29) is 0 Å². The highest BCUT2D eigenvalue weighted by molar-refractivity contribution is 5.33. The van der Waals surface area contributed by atoms with Gasteiger partial charge in [-0.2, -0.15) is 0 Å². The SMILES string of the molecule is CCc1cccc(OCC2CCCc3ccccc32)c1. The van der Waals surface area contributed by atoms with Gasteiger partial charge < -0.3 is 4.74 Å². The fraction of sp³-hybridized carbons (Fsp3) is 0.368. The Morgan fingerprint density at radius 3 is 2.90 bits per heavy atom. The van der Waals surface area contributed by atoms with Gasteiger partial charge in [-0.05, 0) is 54.5 Å². The van der Waals surface area contributed by atoms with Gasteiger partial charge in [0.2, 0.25) is 0 Å². The molecule has 0 amide bonds. The van der Waals surface area contributed by atoms with Crippen LogP contribution in [0.1, 0.15) is 42.4 Å². The molecule has 104 valence electrons. The molecule has 2 aromatic carbocycles. The van der Waals surface area contributed by atoms with E-state index in [1.165, 1.54) is 36.0 Å². The minimum atomic E-state index is 0.547. The minimum absolute atomic E-state index is 0.547. The minimum Gasteiger partial charge on any atom is -0.493 e. The molecular formula is C19H22O. The lowest BCUT2D eigenvalue weighted by Crippen LogP contribution is -2.16. The van der Waals surface area contributed by atoms with Gasteiger partial charge in [-0.3, -0.25) is 0 Å². The molecule has 0 bridgehead atoms. The van der Waals surface area contributed by atoms with Gasteiger partial charge in [0.15, 0.2) is 0 Å². The van der Waals surface area contributed by atoms with Crippen LogP contribution in [0.2, 0.25) is 0 Å². The third kappa shape index (κ3) is 2.87. The highest BCUT2D eigenvalue weighted by Crippen LogP contribution is 2.32. The zero-order chi connectivity index (χ0) is 13.8. The molecule has 0 aliphatic heterocycles. The predicted molar refractivity (Wildman–Crippen MR) is 83.4 cm³/mol.